The van der Waals surface area contributed by atoms with Gasteiger partial charge in [0.1, 0.15) is 15.8 Å². The highest BCUT2D eigenvalue weighted by atomic mass is 35.5. The van der Waals surface area contributed by atoms with E-state index in [0.29, 0.717) is 30.8 Å². The first-order valence-corrected chi connectivity index (χ1v) is 10.8. The van der Waals surface area contributed by atoms with Gasteiger partial charge in [0.25, 0.3) is 5.91 Å². The van der Waals surface area contributed by atoms with Crippen LogP contribution in [-0.4, -0.2) is 21.2 Å². The lowest BCUT2D eigenvalue weighted by atomic mass is 9.94. The van der Waals surface area contributed by atoms with Crippen molar-refractivity contribution in [1.29, 1.82) is 0 Å². The zero-order valence-electron chi connectivity index (χ0n) is 14.4. The Morgan fingerprint density at radius 2 is 1.93 bits per heavy atom. The van der Waals surface area contributed by atoms with Crippen molar-refractivity contribution in [3.8, 4) is 11.3 Å². The van der Waals surface area contributed by atoms with E-state index in [1.807, 2.05) is 12.1 Å². The third-order valence-corrected chi connectivity index (χ3v) is 6.75. The molecule has 0 radical (unpaired) electrons. The fourth-order valence-electron chi connectivity index (χ4n) is 3.52. The highest BCUT2D eigenvalue weighted by Crippen LogP contribution is 2.38. The van der Waals surface area contributed by atoms with E-state index in [-0.39, 0.29) is 11.9 Å². The molecule has 0 unspecified atom stereocenters. The largest absolute Gasteiger partial charge is 0.457 e. The minimum absolute atomic E-state index is 0.0179. The Kier molecular flexibility index (Phi) is 5.65. The van der Waals surface area contributed by atoms with Crippen molar-refractivity contribution in [3.63, 3.8) is 0 Å². The monoisotopic (exact) mass is 437 g/mol. The van der Waals surface area contributed by atoms with Gasteiger partial charge in [-0.05, 0) is 43.2 Å². The molecule has 0 N–H and O–H groups in total. The Balaban J connectivity index is 1.57. The second kappa shape index (κ2) is 8.00. The SMILES string of the molecule is O=C1/C(=C\c2ccc(-c3cc(Cl)ccc3Cl)o2)SC(=S)N1C1CCCCC1. The number of rotatable bonds is 3. The van der Waals surface area contributed by atoms with Crippen LogP contribution >= 0.6 is 47.2 Å². The van der Waals surface area contributed by atoms with E-state index in [1.165, 1.54) is 18.2 Å². The molecule has 1 aromatic heterocycles. The zero-order chi connectivity index (χ0) is 19.0. The number of nitrogens with zero attached hydrogens (tertiary/aromatic N) is 1. The first-order chi connectivity index (χ1) is 13.0. The van der Waals surface area contributed by atoms with E-state index in [0.717, 1.165) is 31.2 Å². The first-order valence-electron chi connectivity index (χ1n) is 8.85. The van der Waals surface area contributed by atoms with Crippen molar-refractivity contribution in [1.82, 2.24) is 4.90 Å². The lowest BCUT2D eigenvalue weighted by Gasteiger charge is -2.29. The number of thiocarbonyl (C=S) groups is 1. The molecule has 1 saturated carbocycles. The number of thioether (sulfide) groups is 1. The average molecular weight is 438 g/mol. The minimum Gasteiger partial charge on any atom is -0.457 e. The summed E-state index contributed by atoms with van der Waals surface area (Å²) < 4.78 is 6.53. The van der Waals surface area contributed by atoms with Crippen LogP contribution in [-0.2, 0) is 4.79 Å². The fourth-order valence-corrected chi connectivity index (χ4v) is 5.29. The summed E-state index contributed by atoms with van der Waals surface area (Å²) in [5.41, 5.74) is 0.721. The third-order valence-electron chi connectivity index (χ3n) is 4.86. The highest BCUT2D eigenvalue weighted by molar-refractivity contribution is 8.26. The van der Waals surface area contributed by atoms with E-state index in [9.17, 15) is 4.79 Å². The van der Waals surface area contributed by atoms with E-state index in [2.05, 4.69) is 0 Å². The molecule has 3 nitrogen and oxygen atoms in total. The molecule has 1 aromatic carbocycles. The van der Waals surface area contributed by atoms with E-state index >= 15 is 0 Å². The van der Waals surface area contributed by atoms with Gasteiger partial charge < -0.3 is 4.42 Å². The van der Waals surface area contributed by atoms with Crippen LogP contribution in [0.4, 0.5) is 0 Å². The summed E-state index contributed by atoms with van der Waals surface area (Å²) in [6.07, 6.45) is 7.35. The highest BCUT2D eigenvalue weighted by Gasteiger charge is 2.37. The molecule has 140 valence electrons. The van der Waals surface area contributed by atoms with Crippen LogP contribution in [0.15, 0.2) is 39.7 Å². The van der Waals surface area contributed by atoms with Gasteiger partial charge in [0.2, 0.25) is 0 Å². The van der Waals surface area contributed by atoms with E-state index in [1.54, 1.807) is 29.2 Å². The van der Waals surface area contributed by atoms with Crippen LogP contribution in [0.25, 0.3) is 17.4 Å². The normalized spacial score (nSPS) is 20.1. The molecule has 2 fully saturated rings. The van der Waals surface area contributed by atoms with Crippen LogP contribution in [0.3, 0.4) is 0 Å². The Bertz CT molecular complexity index is 932. The van der Waals surface area contributed by atoms with Crippen LogP contribution in [0.1, 0.15) is 37.9 Å². The van der Waals surface area contributed by atoms with Gasteiger partial charge in [-0.1, -0.05) is 66.4 Å². The molecule has 1 aliphatic carbocycles. The second-order valence-electron chi connectivity index (χ2n) is 6.67. The third kappa shape index (κ3) is 3.97. The van der Waals surface area contributed by atoms with Crippen molar-refractivity contribution >= 4 is 63.5 Å². The quantitative estimate of drug-likeness (QED) is 0.390. The lowest BCUT2D eigenvalue weighted by molar-refractivity contribution is -0.124. The topological polar surface area (TPSA) is 33.5 Å². The van der Waals surface area contributed by atoms with Gasteiger partial charge in [-0.3, -0.25) is 9.69 Å². The van der Waals surface area contributed by atoms with E-state index in [4.69, 9.17) is 39.8 Å². The van der Waals surface area contributed by atoms with Gasteiger partial charge in [-0.2, -0.15) is 0 Å². The number of benzene rings is 1. The van der Waals surface area contributed by atoms with Crippen LogP contribution < -0.4 is 0 Å². The second-order valence-corrected chi connectivity index (χ2v) is 9.19. The van der Waals surface area contributed by atoms with Crippen LogP contribution in [0.2, 0.25) is 10.0 Å². The molecular weight excluding hydrogens is 421 g/mol. The number of amides is 1. The molecule has 0 atom stereocenters. The Morgan fingerprint density at radius 1 is 1.15 bits per heavy atom. The molecule has 1 saturated heterocycles. The molecular formula is C20H17Cl2NO2S2. The molecule has 27 heavy (non-hydrogen) atoms. The molecule has 7 heteroatoms. The maximum absolute atomic E-state index is 12.9. The maximum Gasteiger partial charge on any atom is 0.266 e. The maximum atomic E-state index is 12.9. The summed E-state index contributed by atoms with van der Waals surface area (Å²) in [5.74, 6) is 1.18. The zero-order valence-corrected chi connectivity index (χ0v) is 17.6. The van der Waals surface area contributed by atoms with Crippen LogP contribution in [0.5, 0.6) is 0 Å². The molecule has 2 heterocycles. The summed E-state index contributed by atoms with van der Waals surface area (Å²) in [6, 6.07) is 9.10. The number of carbonyl (C=O) groups is 1. The predicted molar refractivity (Wildman–Crippen MR) is 116 cm³/mol. The van der Waals surface area contributed by atoms with Crippen molar-refractivity contribution in [2.45, 2.75) is 38.1 Å². The number of halogens is 2. The van der Waals surface area contributed by atoms with Gasteiger partial charge in [0.05, 0.1) is 9.93 Å². The predicted octanol–water partition coefficient (Wildman–Crippen LogP) is 6.79. The van der Waals surface area contributed by atoms with Crippen molar-refractivity contribution in [3.05, 3.63) is 51.0 Å². The fraction of sp³-hybridized carbons (Fsp3) is 0.300. The standard InChI is InChI=1S/C20H17Cl2NO2S2/c21-12-6-8-16(22)15(10-12)17-9-7-14(25-17)11-18-19(24)23(20(26)27-18)13-4-2-1-3-5-13/h6-11,13H,1-5H2/b18-11+. The summed E-state index contributed by atoms with van der Waals surface area (Å²) in [4.78, 5) is 15.3. The van der Waals surface area contributed by atoms with Gasteiger partial charge in [-0.15, -0.1) is 0 Å². The lowest BCUT2D eigenvalue weighted by Crippen LogP contribution is -2.39. The average Bonchev–Trinajstić information content (AvgIpc) is 3.23. The number of hydrogen-bond acceptors (Lipinski definition) is 4. The molecule has 4 rings (SSSR count). The van der Waals surface area contributed by atoms with Gasteiger partial charge in [0.15, 0.2) is 0 Å². The summed E-state index contributed by atoms with van der Waals surface area (Å²) in [7, 11) is 0. The minimum atomic E-state index is -0.0179. The number of hydrogen-bond donors (Lipinski definition) is 0. The van der Waals surface area contributed by atoms with Crippen LogP contribution in [0, 0.1) is 0 Å². The van der Waals surface area contributed by atoms with Gasteiger partial charge >= 0.3 is 0 Å². The van der Waals surface area contributed by atoms with Gasteiger partial charge in [-0.25, -0.2) is 0 Å². The molecule has 0 spiro atoms. The van der Waals surface area contributed by atoms with Crippen molar-refractivity contribution in [2.75, 3.05) is 0 Å². The Morgan fingerprint density at radius 3 is 2.70 bits per heavy atom. The van der Waals surface area contributed by atoms with Gasteiger partial charge in [0, 0.05) is 22.7 Å². The van der Waals surface area contributed by atoms with Crippen molar-refractivity contribution < 1.29 is 9.21 Å². The summed E-state index contributed by atoms with van der Waals surface area (Å²) in [5, 5.41) is 1.14. The van der Waals surface area contributed by atoms with E-state index < -0.39 is 0 Å². The smallest absolute Gasteiger partial charge is 0.266 e. The first kappa shape index (κ1) is 19.1. The Hall–Kier alpha value is -1.27. The molecule has 2 aliphatic rings. The molecule has 1 amide bonds. The molecule has 0 bridgehead atoms. The van der Waals surface area contributed by atoms with Crippen molar-refractivity contribution in [2.24, 2.45) is 0 Å². The summed E-state index contributed by atoms with van der Waals surface area (Å²) in [6.45, 7) is 0. The number of carbonyl (C=O) groups excluding carboxylic acids is 1. The molecule has 2 aromatic rings. The summed E-state index contributed by atoms with van der Waals surface area (Å²) >= 11 is 19.1. The Labute approximate surface area is 177 Å². The number of furan rings is 1. The molecule has 1 aliphatic heterocycles.